The molecule has 0 atom stereocenters. The van der Waals surface area contributed by atoms with Crippen molar-refractivity contribution in [3.05, 3.63) is 36.2 Å². The van der Waals surface area contributed by atoms with Gasteiger partial charge in [0.1, 0.15) is 0 Å². The van der Waals surface area contributed by atoms with E-state index in [0.29, 0.717) is 36.7 Å². The van der Waals surface area contributed by atoms with E-state index in [2.05, 4.69) is 9.97 Å². The molecule has 110 valence electrons. The molecule has 21 heavy (non-hydrogen) atoms. The van der Waals surface area contributed by atoms with Crippen LogP contribution in [0, 0.1) is 0 Å². The molecule has 0 amide bonds. The van der Waals surface area contributed by atoms with E-state index in [1.54, 1.807) is 18.5 Å². The van der Waals surface area contributed by atoms with Gasteiger partial charge >= 0.3 is 0 Å². The Labute approximate surface area is 125 Å². The lowest BCUT2D eigenvalue weighted by molar-refractivity contribution is 0.287. The van der Waals surface area contributed by atoms with Gasteiger partial charge in [0.2, 0.25) is 0 Å². The predicted octanol–water partition coefficient (Wildman–Crippen LogP) is 3.73. The van der Waals surface area contributed by atoms with E-state index in [1.165, 1.54) is 0 Å². The standard InChI is InChI=1S/C15H17N2O3P/c1-3-19-13-11(10-21-18)6-7-12(14(13)20-4-2)15-16-8-5-9-17-15/h5-9H,3-4,10H2,1-2H3. The Balaban J connectivity index is 2.59. The first-order chi connectivity index (χ1) is 10.3. The molecule has 1 heterocycles. The van der Waals surface area contributed by atoms with Gasteiger partial charge in [-0.3, -0.25) is 4.57 Å². The Morgan fingerprint density at radius 1 is 1.05 bits per heavy atom. The Morgan fingerprint density at radius 2 is 1.71 bits per heavy atom. The number of benzene rings is 1. The Bertz CT molecular complexity index is 605. The van der Waals surface area contributed by atoms with Crippen LogP contribution in [0.3, 0.4) is 0 Å². The first kappa shape index (κ1) is 15.4. The molecule has 0 fully saturated rings. The van der Waals surface area contributed by atoms with Crippen molar-refractivity contribution in [2.75, 3.05) is 13.2 Å². The van der Waals surface area contributed by atoms with Gasteiger partial charge < -0.3 is 9.47 Å². The van der Waals surface area contributed by atoms with Gasteiger partial charge in [-0.05, 0) is 26.0 Å². The average molecular weight is 304 g/mol. The minimum absolute atomic E-state index is 0.0437. The average Bonchev–Trinajstić information content (AvgIpc) is 2.52. The van der Waals surface area contributed by atoms with Crippen molar-refractivity contribution in [2.45, 2.75) is 20.0 Å². The summed E-state index contributed by atoms with van der Waals surface area (Å²) in [6.45, 7) is 4.81. The van der Waals surface area contributed by atoms with Crippen molar-refractivity contribution < 1.29 is 14.0 Å². The first-order valence-electron chi connectivity index (χ1n) is 6.79. The molecule has 2 rings (SSSR count). The second-order valence-electron chi connectivity index (χ2n) is 4.16. The summed E-state index contributed by atoms with van der Waals surface area (Å²) in [5.41, 5.74) is 1.61. The summed E-state index contributed by atoms with van der Waals surface area (Å²) in [6, 6.07) is 5.52. The summed E-state index contributed by atoms with van der Waals surface area (Å²) in [5.74, 6) is 1.80. The number of hydrogen-bond acceptors (Lipinski definition) is 5. The largest absolute Gasteiger partial charge is 0.490 e. The molecule has 0 radical (unpaired) electrons. The van der Waals surface area contributed by atoms with Crippen LogP contribution in [0.1, 0.15) is 19.4 Å². The fraction of sp³-hybridized carbons (Fsp3) is 0.333. The molecule has 0 saturated carbocycles. The maximum Gasteiger partial charge on any atom is 0.172 e. The third-order valence-corrected chi connectivity index (χ3v) is 3.28. The molecule has 2 aromatic rings. The lowest BCUT2D eigenvalue weighted by Crippen LogP contribution is -2.03. The normalized spacial score (nSPS) is 10.6. The molecule has 0 aliphatic carbocycles. The fourth-order valence-corrected chi connectivity index (χ4v) is 2.39. The van der Waals surface area contributed by atoms with Gasteiger partial charge in [-0.1, -0.05) is 6.07 Å². The molecule has 5 nitrogen and oxygen atoms in total. The zero-order valence-corrected chi connectivity index (χ0v) is 13.0. The molecular weight excluding hydrogens is 287 g/mol. The number of rotatable bonds is 7. The van der Waals surface area contributed by atoms with Gasteiger partial charge in [0.05, 0.1) is 24.9 Å². The molecule has 0 unspecified atom stereocenters. The molecule has 0 aliphatic rings. The quantitative estimate of drug-likeness (QED) is 0.729. The van der Waals surface area contributed by atoms with Gasteiger partial charge in [-0.2, -0.15) is 0 Å². The van der Waals surface area contributed by atoms with E-state index in [4.69, 9.17) is 9.47 Å². The molecule has 0 N–H and O–H groups in total. The van der Waals surface area contributed by atoms with Gasteiger partial charge in [0, 0.05) is 18.0 Å². The third kappa shape index (κ3) is 3.56. The van der Waals surface area contributed by atoms with E-state index >= 15 is 0 Å². The topological polar surface area (TPSA) is 61.3 Å². The summed E-state index contributed by atoms with van der Waals surface area (Å²) in [7, 11) is 0.0437. The van der Waals surface area contributed by atoms with Crippen LogP contribution >= 0.6 is 8.46 Å². The minimum Gasteiger partial charge on any atom is -0.490 e. The predicted molar refractivity (Wildman–Crippen MR) is 81.1 cm³/mol. The van der Waals surface area contributed by atoms with Gasteiger partial charge in [0.15, 0.2) is 25.8 Å². The van der Waals surface area contributed by atoms with Crippen molar-refractivity contribution in [2.24, 2.45) is 0 Å². The molecule has 0 spiro atoms. The van der Waals surface area contributed by atoms with E-state index < -0.39 is 0 Å². The SMILES string of the molecule is CCOc1c(CP=O)ccc(-c2ncccn2)c1OCC. The van der Waals surface area contributed by atoms with Crippen molar-refractivity contribution in [1.29, 1.82) is 0 Å². The Hall–Kier alpha value is -2.00. The maximum atomic E-state index is 10.9. The van der Waals surface area contributed by atoms with Crippen LogP contribution in [0.4, 0.5) is 0 Å². The summed E-state index contributed by atoms with van der Waals surface area (Å²) in [4.78, 5) is 8.52. The van der Waals surface area contributed by atoms with Crippen LogP contribution < -0.4 is 9.47 Å². The van der Waals surface area contributed by atoms with E-state index in [1.807, 2.05) is 26.0 Å². The fourth-order valence-electron chi connectivity index (χ4n) is 2.00. The molecule has 0 bridgehead atoms. The second-order valence-corrected chi connectivity index (χ2v) is 4.73. The van der Waals surface area contributed by atoms with Crippen LogP contribution in [-0.2, 0) is 10.7 Å². The molecule has 1 aromatic carbocycles. The number of hydrogen-bond donors (Lipinski definition) is 0. The lowest BCUT2D eigenvalue weighted by Gasteiger charge is -2.17. The minimum atomic E-state index is 0.0437. The van der Waals surface area contributed by atoms with Gasteiger partial charge in [-0.15, -0.1) is 0 Å². The van der Waals surface area contributed by atoms with Crippen LogP contribution in [0.2, 0.25) is 0 Å². The van der Waals surface area contributed by atoms with Gasteiger partial charge in [-0.25, -0.2) is 9.97 Å². The highest BCUT2D eigenvalue weighted by molar-refractivity contribution is 7.22. The van der Waals surface area contributed by atoms with Crippen molar-refractivity contribution in [1.82, 2.24) is 9.97 Å². The van der Waals surface area contributed by atoms with Crippen LogP contribution in [-0.4, -0.2) is 23.2 Å². The highest BCUT2D eigenvalue weighted by atomic mass is 31.1. The number of ether oxygens (including phenoxy) is 2. The zero-order valence-electron chi connectivity index (χ0n) is 12.1. The number of nitrogens with zero attached hydrogens (tertiary/aromatic N) is 2. The van der Waals surface area contributed by atoms with Crippen LogP contribution in [0.25, 0.3) is 11.4 Å². The third-order valence-electron chi connectivity index (χ3n) is 2.81. The second kappa shape index (κ2) is 7.70. The Kier molecular flexibility index (Phi) is 5.64. The lowest BCUT2D eigenvalue weighted by atomic mass is 10.1. The van der Waals surface area contributed by atoms with Crippen molar-refractivity contribution in [3.8, 4) is 22.9 Å². The monoisotopic (exact) mass is 304 g/mol. The molecule has 1 aromatic heterocycles. The molecular formula is C15H17N2O3P. The summed E-state index contributed by atoms with van der Waals surface area (Å²) in [6.07, 6.45) is 3.75. The molecule has 0 aliphatic heterocycles. The maximum absolute atomic E-state index is 10.9. The van der Waals surface area contributed by atoms with Crippen LogP contribution in [0.5, 0.6) is 11.5 Å². The number of aromatic nitrogens is 2. The molecule has 6 heteroatoms. The van der Waals surface area contributed by atoms with Crippen molar-refractivity contribution in [3.63, 3.8) is 0 Å². The summed E-state index contributed by atoms with van der Waals surface area (Å²) >= 11 is 0. The van der Waals surface area contributed by atoms with E-state index in [9.17, 15) is 4.57 Å². The van der Waals surface area contributed by atoms with Crippen LogP contribution in [0.15, 0.2) is 30.6 Å². The van der Waals surface area contributed by atoms with Crippen molar-refractivity contribution >= 4 is 8.46 Å². The zero-order chi connectivity index (χ0) is 15.1. The summed E-state index contributed by atoms with van der Waals surface area (Å²) in [5, 5.41) is 0. The highest BCUT2D eigenvalue weighted by Crippen LogP contribution is 2.40. The Morgan fingerprint density at radius 3 is 2.33 bits per heavy atom. The smallest absolute Gasteiger partial charge is 0.172 e. The molecule has 0 saturated heterocycles. The van der Waals surface area contributed by atoms with E-state index in [-0.39, 0.29) is 8.46 Å². The van der Waals surface area contributed by atoms with E-state index in [0.717, 1.165) is 11.1 Å². The first-order valence-corrected chi connectivity index (χ1v) is 7.79. The van der Waals surface area contributed by atoms with Gasteiger partial charge in [0.25, 0.3) is 0 Å². The summed E-state index contributed by atoms with van der Waals surface area (Å²) < 4.78 is 22.4. The highest BCUT2D eigenvalue weighted by Gasteiger charge is 2.18.